The Morgan fingerprint density at radius 1 is 0.896 bits per heavy atom. The Kier molecular flexibility index (Phi) is 16.6. The van der Waals surface area contributed by atoms with Crippen LogP contribution in [0.2, 0.25) is 18.1 Å². The quantitative estimate of drug-likeness (QED) is 0.0899. The summed E-state index contributed by atoms with van der Waals surface area (Å²) < 4.78 is 29.2. The average Bonchev–Trinajstić information content (AvgIpc) is 2.97. The molecule has 0 aliphatic carbocycles. The first-order chi connectivity index (χ1) is 22.0. The van der Waals surface area contributed by atoms with Crippen LogP contribution >= 0.6 is 69.6 Å². The van der Waals surface area contributed by atoms with Crippen molar-refractivity contribution in [2.45, 2.75) is 89.8 Å². The van der Waals surface area contributed by atoms with E-state index < -0.39 is 90.6 Å². The van der Waals surface area contributed by atoms with E-state index in [1.807, 2.05) is 33.9 Å². The number of esters is 1. The highest BCUT2D eigenvalue weighted by atomic mass is 35.6. The Morgan fingerprint density at radius 2 is 1.46 bits per heavy atom. The normalized spacial score (nSPS) is 22.7. The molecule has 20 heteroatoms. The molecule has 0 saturated carbocycles. The van der Waals surface area contributed by atoms with Gasteiger partial charge in [0, 0.05) is 0 Å². The first kappa shape index (κ1) is 43.2. The highest BCUT2D eigenvalue weighted by Gasteiger charge is 2.48. The van der Waals surface area contributed by atoms with Crippen molar-refractivity contribution in [1.29, 1.82) is 0 Å². The molecule has 1 fully saturated rings. The smallest absolute Gasteiger partial charge is 0.408 e. The molecular formula is C28H40Cl6N2O11Si. The Hall–Kier alpha value is -1.01. The number of hydrogen-bond acceptors (Lipinski definition) is 11. The van der Waals surface area contributed by atoms with Crippen molar-refractivity contribution in [2.24, 2.45) is 0 Å². The lowest BCUT2D eigenvalue weighted by Gasteiger charge is -2.44. The minimum absolute atomic E-state index is 0.150. The number of aliphatic hydroxyl groups is 2. The highest BCUT2D eigenvalue weighted by Crippen LogP contribution is 2.37. The number of halogens is 6. The zero-order valence-corrected chi connectivity index (χ0v) is 32.3. The van der Waals surface area contributed by atoms with Crippen LogP contribution in [-0.2, 0) is 39.5 Å². The predicted octanol–water partition coefficient (Wildman–Crippen LogP) is 5.14. The number of alkyl carbamates (subject to hydrolysis) is 2. The third-order valence-corrected chi connectivity index (χ3v) is 12.5. The molecule has 1 aliphatic heterocycles. The molecule has 0 unspecified atom stereocenters. The first-order valence-corrected chi connectivity index (χ1v) is 19.6. The molecule has 1 aromatic rings. The molecule has 1 aliphatic rings. The van der Waals surface area contributed by atoms with E-state index in [0.29, 0.717) is 5.56 Å². The lowest BCUT2D eigenvalue weighted by atomic mass is 9.97. The van der Waals surface area contributed by atoms with Gasteiger partial charge >= 0.3 is 18.2 Å². The molecule has 2 rings (SSSR count). The molecule has 0 radical (unpaired) electrons. The van der Waals surface area contributed by atoms with Crippen LogP contribution in [-0.4, -0.2) is 107 Å². The van der Waals surface area contributed by atoms with E-state index in [9.17, 15) is 24.6 Å². The summed E-state index contributed by atoms with van der Waals surface area (Å²) in [5, 5.41) is 26.4. The molecular weight excluding hydrogens is 781 g/mol. The van der Waals surface area contributed by atoms with E-state index >= 15 is 0 Å². The number of rotatable bonds is 13. The van der Waals surface area contributed by atoms with Gasteiger partial charge in [0.2, 0.25) is 7.59 Å². The zero-order valence-electron chi connectivity index (χ0n) is 26.7. The molecule has 1 heterocycles. The topological polar surface area (TPSA) is 171 Å². The standard InChI is InChI=1S/C28H40Cl6N2O11Si/c1-26(2,3)48(4,5)46-13-18-20(37)21(38)19(36-25(41)45-15-28(32,33)34)23(47-18)43-12-17(35-24(40)44-14-27(29,30)31)22(39)42-11-16-9-7-6-8-10-16/h6-10,17-21,23,37-38H,11-15H2,1-5H3,(H,35,40)(H,36,41)/t17-,18+,19+,20+,21+,23+/m0/s1. The lowest BCUT2D eigenvalue weighted by Crippen LogP contribution is -2.65. The van der Waals surface area contributed by atoms with E-state index in [1.54, 1.807) is 30.3 Å². The first-order valence-electron chi connectivity index (χ1n) is 14.5. The summed E-state index contributed by atoms with van der Waals surface area (Å²) in [4.78, 5) is 38.2. The van der Waals surface area contributed by atoms with Gasteiger partial charge in [-0.1, -0.05) is 121 Å². The van der Waals surface area contributed by atoms with Crippen molar-refractivity contribution in [3.63, 3.8) is 0 Å². The number of aliphatic hydroxyl groups excluding tert-OH is 2. The van der Waals surface area contributed by atoms with Crippen LogP contribution in [0.3, 0.4) is 0 Å². The van der Waals surface area contributed by atoms with Gasteiger partial charge in [-0.05, 0) is 23.7 Å². The number of ether oxygens (including phenoxy) is 5. The largest absolute Gasteiger partial charge is 0.459 e. The second-order valence-electron chi connectivity index (χ2n) is 12.3. The van der Waals surface area contributed by atoms with Crippen LogP contribution in [0, 0.1) is 0 Å². The number of benzene rings is 1. The zero-order chi connectivity index (χ0) is 36.5. The van der Waals surface area contributed by atoms with Gasteiger partial charge in [0.05, 0.1) is 13.2 Å². The molecule has 13 nitrogen and oxygen atoms in total. The second kappa shape index (κ2) is 18.5. The predicted molar refractivity (Wildman–Crippen MR) is 183 cm³/mol. The molecule has 0 aromatic heterocycles. The average molecular weight is 821 g/mol. The van der Waals surface area contributed by atoms with Crippen LogP contribution < -0.4 is 10.6 Å². The number of nitrogens with one attached hydrogen (secondary N) is 2. The summed E-state index contributed by atoms with van der Waals surface area (Å²) >= 11 is 33.9. The lowest BCUT2D eigenvalue weighted by molar-refractivity contribution is -0.269. The number of carbonyl (C=O) groups excluding carboxylic acids is 3. The maximum Gasteiger partial charge on any atom is 0.408 e. The van der Waals surface area contributed by atoms with Gasteiger partial charge in [0.1, 0.15) is 44.2 Å². The number of hydrogen-bond donors (Lipinski definition) is 4. The van der Waals surface area contributed by atoms with Crippen molar-refractivity contribution in [2.75, 3.05) is 26.4 Å². The van der Waals surface area contributed by atoms with E-state index in [-0.39, 0.29) is 18.3 Å². The molecule has 0 bridgehead atoms. The van der Waals surface area contributed by atoms with Gasteiger partial charge in [0.15, 0.2) is 20.6 Å². The van der Waals surface area contributed by atoms with Crippen molar-refractivity contribution in [3.05, 3.63) is 35.9 Å². The molecule has 1 saturated heterocycles. The third-order valence-electron chi connectivity index (χ3n) is 7.36. The maximum atomic E-state index is 13.1. The SMILES string of the molecule is CC(C)(C)[Si](C)(C)OC[C@H]1O[C@@H](OC[C@H](NC(=O)OCC(Cl)(Cl)Cl)C(=O)OCc2ccccc2)[C@H](NC(=O)OCC(Cl)(Cl)Cl)[C@@H](O)[C@@H]1O. The van der Waals surface area contributed by atoms with E-state index in [2.05, 4.69) is 10.6 Å². The Labute approximate surface area is 310 Å². The number of alkyl halides is 6. The third kappa shape index (κ3) is 15.1. The van der Waals surface area contributed by atoms with Gasteiger partial charge in [-0.25, -0.2) is 14.4 Å². The monoisotopic (exact) mass is 818 g/mol. The second-order valence-corrected chi connectivity index (χ2v) is 22.1. The van der Waals surface area contributed by atoms with Crippen LogP contribution in [0.4, 0.5) is 9.59 Å². The molecule has 0 spiro atoms. The Bertz CT molecular complexity index is 1200. The molecule has 274 valence electrons. The number of carbonyl (C=O) groups is 3. The summed E-state index contributed by atoms with van der Waals surface area (Å²) in [6, 6.07) is 5.66. The molecule has 4 N–H and O–H groups in total. The van der Waals surface area contributed by atoms with Crippen molar-refractivity contribution < 1.29 is 52.7 Å². The van der Waals surface area contributed by atoms with Crippen LogP contribution in [0.25, 0.3) is 0 Å². The fraction of sp³-hybridized carbons (Fsp3) is 0.679. The molecule has 6 atom stereocenters. The maximum absolute atomic E-state index is 13.1. The fourth-order valence-corrected chi connectivity index (χ4v) is 5.06. The number of amides is 2. The van der Waals surface area contributed by atoms with Gasteiger partial charge in [-0.15, -0.1) is 0 Å². The minimum atomic E-state index is -2.35. The van der Waals surface area contributed by atoms with Crippen molar-refractivity contribution in [3.8, 4) is 0 Å². The summed E-state index contributed by atoms with van der Waals surface area (Å²) in [6.45, 7) is 7.76. The van der Waals surface area contributed by atoms with E-state index in [0.717, 1.165) is 0 Å². The Morgan fingerprint density at radius 3 is 2.00 bits per heavy atom. The molecule has 1 aromatic carbocycles. The van der Waals surface area contributed by atoms with Crippen LogP contribution in [0.15, 0.2) is 30.3 Å². The van der Waals surface area contributed by atoms with Gasteiger partial charge in [-0.3, -0.25) is 0 Å². The summed E-state index contributed by atoms with van der Waals surface area (Å²) in [7, 11) is -2.35. The summed E-state index contributed by atoms with van der Waals surface area (Å²) in [5.74, 6) is -0.953. The fourth-order valence-electron chi connectivity index (χ4n) is 3.72. The highest BCUT2D eigenvalue weighted by molar-refractivity contribution is 6.74. The van der Waals surface area contributed by atoms with Crippen molar-refractivity contribution >= 4 is 96.1 Å². The van der Waals surface area contributed by atoms with Gasteiger partial charge in [-0.2, -0.15) is 0 Å². The van der Waals surface area contributed by atoms with Gasteiger partial charge < -0.3 is 49.0 Å². The molecule has 48 heavy (non-hydrogen) atoms. The van der Waals surface area contributed by atoms with E-state index in [4.69, 9.17) is 97.7 Å². The van der Waals surface area contributed by atoms with Gasteiger partial charge in [0.25, 0.3) is 0 Å². The minimum Gasteiger partial charge on any atom is -0.459 e. The van der Waals surface area contributed by atoms with Crippen LogP contribution in [0.1, 0.15) is 26.3 Å². The van der Waals surface area contributed by atoms with E-state index in [1.165, 1.54) is 0 Å². The Balaban J connectivity index is 2.29. The molecule has 2 amide bonds. The summed E-state index contributed by atoms with van der Waals surface area (Å²) in [6.07, 6.45) is -8.30. The van der Waals surface area contributed by atoms with Crippen LogP contribution in [0.5, 0.6) is 0 Å². The van der Waals surface area contributed by atoms with Crippen molar-refractivity contribution in [1.82, 2.24) is 10.6 Å². The summed E-state index contributed by atoms with van der Waals surface area (Å²) in [5.41, 5.74) is 0.652.